The topological polar surface area (TPSA) is 57.6 Å². The normalized spacial score (nSPS) is 24.6. The second-order valence-corrected chi connectivity index (χ2v) is 10.1. The number of rotatable bonds is 5. The summed E-state index contributed by atoms with van der Waals surface area (Å²) in [6.07, 6.45) is 6.75. The highest BCUT2D eigenvalue weighted by Gasteiger charge is 2.41. The first-order chi connectivity index (χ1) is 15.5. The summed E-state index contributed by atoms with van der Waals surface area (Å²) in [5.41, 5.74) is 2.69. The number of para-hydroxylation sites is 1. The number of carbonyl (C=O) groups excluding carboxylic acids is 2. The summed E-state index contributed by atoms with van der Waals surface area (Å²) in [7, 11) is 0. The standard InChI is InChI=1S/C26H36N4O2/c1-17(2)28-14-8-11-20(28)15-27-25(31)23-16-29(19-9-4-5-10-19)26(32)24-18(3)21-12-6-7-13-22(21)30(23)24/h6-7,12-13,17,19-20,23H,4-5,8-11,14-16H2,1-3H3,(H,27,31)/t20-,23-/m0/s1. The Morgan fingerprint density at radius 1 is 1.12 bits per heavy atom. The van der Waals surface area contributed by atoms with Crippen LogP contribution in [0.25, 0.3) is 10.9 Å². The molecule has 172 valence electrons. The van der Waals surface area contributed by atoms with Crippen molar-refractivity contribution in [2.45, 2.75) is 83.5 Å². The average Bonchev–Trinajstić information content (AvgIpc) is 3.53. The number of nitrogens with one attached hydrogen (secondary N) is 1. The zero-order valence-corrected chi connectivity index (χ0v) is 19.6. The van der Waals surface area contributed by atoms with Crippen LogP contribution in [0, 0.1) is 6.92 Å². The van der Waals surface area contributed by atoms with Crippen molar-refractivity contribution in [3.05, 3.63) is 35.5 Å². The number of fused-ring (bicyclic) bond motifs is 3. The number of amides is 2. The van der Waals surface area contributed by atoms with Gasteiger partial charge in [0.25, 0.3) is 5.91 Å². The van der Waals surface area contributed by atoms with Crippen molar-refractivity contribution in [3.63, 3.8) is 0 Å². The Bertz CT molecular complexity index is 1020. The van der Waals surface area contributed by atoms with Gasteiger partial charge in [0.15, 0.2) is 0 Å². The van der Waals surface area contributed by atoms with E-state index in [1.807, 2.05) is 34.6 Å². The molecule has 2 fully saturated rings. The van der Waals surface area contributed by atoms with E-state index in [1.165, 1.54) is 19.3 Å². The van der Waals surface area contributed by atoms with Crippen LogP contribution in [-0.4, -0.2) is 63.9 Å². The molecule has 0 radical (unpaired) electrons. The summed E-state index contributed by atoms with van der Waals surface area (Å²) in [4.78, 5) is 31.7. The number of benzene rings is 1. The van der Waals surface area contributed by atoms with E-state index in [4.69, 9.17) is 0 Å². The molecular weight excluding hydrogens is 400 g/mol. The van der Waals surface area contributed by atoms with Crippen LogP contribution in [-0.2, 0) is 4.79 Å². The number of aryl methyl sites for hydroxylation is 1. The summed E-state index contributed by atoms with van der Waals surface area (Å²) in [5, 5.41) is 4.35. The molecule has 0 bridgehead atoms. The van der Waals surface area contributed by atoms with E-state index in [9.17, 15) is 9.59 Å². The molecule has 0 spiro atoms. The van der Waals surface area contributed by atoms with E-state index in [0.717, 1.165) is 42.3 Å². The summed E-state index contributed by atoms with van der Waals surface area (Å²) >= 11 is 0. The molecule has 1 aromatic heterocycles. The van der Waals surface area contributed by atoms with E-state index in [0.29, 0.717) is 30.9 Å². The SMILES string of the molecule is Cc1c2n(c3ccccc13)[C@H](C(=O)NC[C@@H]1CCCN1C(C)C)CN(C1CCCC1)C2=O. The Kier molecular flexibility index (Phi) is 5.74. The van der Waals surface area contributed by atoms with Crippen molar-refractivity contribution in [1.82, 2.24) is 19.7 Å². The average molecular weight is 437 g/mol. The molecule has 6 heteroatoms. The van der Waals surface area contributed by atoms with Crippen LogP contribution in [0.2, 0.25) is 0 Å². The predicted molar refractivity (Wildman–Crippen MR) is 127 cm³/mol. The van der Waals surface area contributed by atoms with Gasteiger partial charge in [-0.25, -0.2) is 0 Å². The van der Waals surface area contributed by atoms with Gasteiger partial charge in [0, 0.05) is 35.6 Å². The fourth-order valence-electron chi connectivity index (χ4n) is 6.33. The zero-order valence-electron chi connectivity index (χ0n) is 19.6. The Balaban J connectivity index is 1.47. The Hall–Kier alpha value is -2.34. The fraction of sp³-hybridized carbons (Fsp3) is 0.615. The Morgan fingerprint density at radius 2 is 1.88 bits per heavy atom. The highest BCUT2D eigenvalue weighted by Crippen LogP contribution is 2.36. The molecule has 5 rings (SSSR count). The monoisotopic (exact) mass is 436 g/mol. The number of nitrogens with zero attached hydrogens (tertiary/aromatic N) is 3. The summed E-state index contributed by atoms with van der Waals surface area (Å²) in [5.74, 6) is 0.134. The minimum atomic E-state index is -0.379. The quantitative estimate of drug-likeness (QED) is 0.774. The first kappa shape index (κ1) is 21.5. The molecule has 2 atom stereocenters. The van der Waals surface area contributed by atoms with Gasteiger partial charge in [-0.15, -0.1) is 0 Å². The number of hydrogen-bond acceptors (Lipinski definition) is 3. The Labute approximate surface area is 190 Å². The van der Waals surface area contributed by atoms with Crippen molar-refractivity contribution in [1.29, 1.82) is 0 Å². The van der Waals surface area contributed by atoms with E-state index in [2.05, 4.69) is 30.1 Å². The lowest BCUT2D eigenvalue weighted by atomic mass is 10.1. The van der Waals surface area contributed by atoms with E-state index in [-0.39, 0.29) is 23.9 Å². The minimum Gasteiger partial charge on any atom is -0.353 e. The van der Waals surface area contributed by atoms with Crippen LogP contribution in [0.15, 0.2) is 24.3 Å². The number of aromatic nitrogens is 1. The van der Waals surface area contributed by atoms with E-state index in [1.54, 1.807) is 0 Å². The van der Waals surface area contributed by atoms with Crippen molar-refractivity contribution in [2.75, 3.05) is 19.6 Å². The number of likely N-dealkylation sites (tertiary alicyclic amines) is 1. The zero-order chi connectivity index (χ0) is 22.4. The van der Waals surface area contributed by atoms with Gasteiger partial charge in [0.1, 0.15) is 11.7 Å². The van der Waals surface area contributed by atoms with Crippen LogP contribution < -0.4 is 5.32 Å². The third kappa shape index (κ3) is 3.53. The minimum absolute atomic E-state index is 0.0399. The fourth-order valence-corrected chi connectivity index (χ4v) is 6.33. The molecule has 6 nitrogen and oxygen atoms in total. The maximum atomic E-state index is 13.6. The maximum absolute atomic E-state index is 13.6. The molecule has 3 aliphatic rings. The van der Waals surface area contributed by atoms with Crippen molar-refractivity contribution >= 4 is 22.7 Å². The molecule has 1 aliphatic carbocycles. The molecule has 32 heavy (non-hydrogen) atoms. The molecule has 2 amide bonds. The number of hydrogen-bond donors (Lipinski definition) is 1. The lowest BCUT2D eigenvalue weighted by Crippen LogP contribution is -2.52. The first-order valence-electron chi connectivity index (χ1n) is 12.4. The van der Waals surface area contributed by atoms with Crippen molar-refractivity contribution in [2.24, 2.45) is 0 Å². The van der Waals surface area contributed by atoms with E-state index < -0.39 is 0 Å². The first-order valence-corrected chi connectivity index (χ1v) is 12.4. The van der Waals surface area contributed by atoms with Gasteiger partial charge in [0.05, 0.1) is 6.54 Å². The molecule has 1 saturated carbocycles. The van der Waals surface area contributed by atoms with Crippen molar-refractivity contribution in [3.8, 4) is 0 Å². The summed E-state index contributed by atoms with van der Waals surface area (Å²) in [6.45, 7) is 8.74. The molecule has 1 aromatic carbocycles. The summed E-state index contributed by atoms with van der Waals surface area (Å²) in [6, 6.07) is 8.89. The molecule has 3 heterocycles. The second-order valence-electron chi connectivity index (χ2n) is 10.1. The molecule has 0 unspecified atom stereocenters. The van der Waals surface area contributed by atoms with Crippen LogP contribution in [0.4, 0.5) is 0 Å². The van der Waals surface area contributed by atoms with Gasteiger partial charge in [-0.2, -0.15) is 0 Å². The molecule has 2 aliphatic heterocycles. The smallest absolute Gasteiger partial charge is 0.271 e. The molecule has 2 aromatic rings. The largest absolute Gasteiger partial charge is 0.353 e. The maximum Gasteiger partial charge on any atom is 0.271 e. The molecule has 1 saturated heterocycles. The van der Waals surface area contributed by atoms with Crippen LogP contribution >= 0.6 is 0 Å². The molecule has 1 N–H and O–H groups in total. The lowest BCUT2D eigenvalue weighted by molar-refractivity contribution is -0.125. The van der Waals surface area contributed by atoms with Gasteiger partial charge in [0.2, 0.25) is 5.91 Å². The predicted octanol–water partition coefficient (Wildman–Crippen LogP) is 3.88. The van der Waals surface area contributed by atoms with Crippen LogP contribution in [0.1, 0.15) is 74.5 Å². The highest BCUT2D eigenvalue weighted by molar-refractivity contribution is 6.04. The van der Waals surface area contributed by atoms with Crippen LogP contribution in [0.3, 0.4) is 0 Å². The molecular formula is C26H36N4O2. The Morgan fingerprint density at radius 3 is 2.62 bits per heavy atom. The van der Waals surface area contributed by atoms with Crippen LogP contribution in [0.5, 0.6) is 0 Å². The van der Waals surface area contributed by atoms with Gasteiger partial charge < -0.3 is 14.8 Å². The third-order valence-electron chi connectivity index (χ3n) is 7.97. The number of carbonyl (C=O) groups is 2. The van der Waals surface area contributed by atoms with Gasteiger partial charge in [-0.3, -0.25) is 14.5 Å². The van der Waals surface area contributed by atoms with Gasteiger partial charge in [-0.05, 0) is 64.6 Å². The van der Waals surface area contributed by atoms with Gasteiger partial charge >= 0.3 is 0 Å². The van der Waals surface area contributed by atoms with E-state index >= 15 is 0 Å². The van der Waals surface area contributed by atoms with Crippen molar-refractivity contribution < 1.29 is 9.59 Å². The highest BCUT2D eigenvalue weighted by atomic mass is 16.2. The third-order valence-corrected chi connectivity index (χ3v) is 7.97. The second kappa shape index (κ2) is 8.54. The lowest BCUT2D eigenvalue weighted by Gasteiger charge is -2.38. The van der Waals surface area contributed by atoms with Gasteiger partial charge in [-0.1, -0.05) is 31.0 Å². The summed E-state index contributed by atoms with van der Waals surface area (Å²) < 4.78 is 2.03.